The molecule has 23 heavy (non-hydrogen) atoms. The predicted molar refractivity (Wildman–Crippen MR) is 95.9 cm³/mol. The highest BCUT2D eigenvalue weighted by Gasteiger charge is 2.29. The molecule has 2 heterocycles. The molecule has 0 spiro atoms. The molecule has 0 radical (unpaired) electrons. The lowest BCUT2D eigenvalue weighted by Crippen LogP contribution is -2.21. The molecule has 4 heteroatoms. The van der Waals surface area contributed by atoms with Gasteiger partial charge in [0.05, 0.1) is 11.4 Å². The lowest BCUT2D eigenvalue weighted by Gasteiger charge is -2.26. The molecule has 0 unspecified atom stereocenters. The number of hydrogen-bond acceptors (Lipinski definition) is 2. The molecule has 0 saturated carbocycles. The molecule has 0 aromatic carbocycles. The van der Waals surface area contributed by atoms with Crippen LogP contribution in [0.25, 0.3) is 0 Å². The molecule has 0 aliphatic heterocycles. The summed E-state index contributed by atoms with van der Waals surface area (Å²) in [4.78, 5) is 0. The molecule has 2 aromatic heterocycles. The zero-order chi connectivity index (χ0) is 17.6. The minimum absolute atomic E-state index is 0.0924. The van der Waals surface area contributed by atoms with E-state index < -0.39 is 0 Å². The van der Waals surface area contributed by atoms with Crippen molar-refractivity contribution in [3.05, 3.63) is 34.4 Å². The molecule has 0 aliphatic carbocycles. The van der Waals surface area contributed by atoms with Crippen LogP contribution >= 0.6 is 0 Å². The van der Waals surface area contributed by atoms with Crippen molar-refractivity contribution in [2.24, 2.45) is 14.1 Å². The fraction of sp³-hybridized carbons (Fsp3) is 0.684. The van der Waals surface area contributed by atoms with E-state index in [9.17, 15) is 0 Å². The normalized spacial score (nSPS) is 12.9. The molecular weight excluding hydrogens is 284 g/mol. The molecule has 128 valence electrons. The van der Waals surface area contributed by atoms with Crippen LogP contribution in [-0.4, -0.2) is 19.6 Å². The van der Waals surface area contributed by atoms with Crippen LogP contribution in [0.2, 0.25) is 0 Å². The van der Waals surface area contributed by atoms with Crippen molar-refractivity contribution in [3.63, 3.8) is 0 Å². The van der Waals surface area contributed by atoms with Crippen LogP contribution in [0.5, 0.6) is 0 Å². The highest BCUT2D eigenvalue weighted by atomic mass is 15.3. The second kappa shape index (κ2) is 5.81. The summed E-state index contributed by atoms with van der Waals surface area (Å²) in [6.07, 6.45) is 4.23. The zero-order valence-electron chi connectivity index (χ0n) is 16.3. The first kappa shape index (κ1) is 17.8. The minimum atomic E-state index is 0.0924. The summed E-state index contributed by atoms with van der Waals surface area (Å²) in [7, 11) is 4.04. The molecule has 2 aromatic rings. The van der Waals surface area contributed by atoms with Crippen molar-refractivity contribution in [2.75, 3.05) is 0 Å². The smallest absolute Gasteiger partial charge is 0.0662 e. The molecule has 0 amide bonds. The van der Waals surface area contributed by atoms with Gasteiger partial charge in [0, 0.05) is 31.5 Å². The Morgan fingerprint density at radius 3 is 2.09 bits per heavy atom. The van der Waals surface area contributed by atoms with E-state index in [0.29, 0.717) is 0 Å². The summed E-state index contributed by atoms with van der Waals surface area (Å²) >= 11 is 0. The summed E-state index contributed by atoms with van der Waals surface area (Å²) in [5.41, 5.74) is 6.61. The lowest BCUT2D eigenvalue weighted by molar-refractivity contribution is 0.466. The fourth-order valence-corrected chi connectivity index (χ4v) is 3.65. The number of hydrogen-bond donors (Lipinski definition) is 0. The third-order valence-corrected chi connectivity index (χ3v) is 4.89. The van der Waals surface area contributed by atoms with Crippen molar-refractivity contribution >= 4 is 0 Å². The standard InChI is InChI=1S/C19H32N4/c1-13-17(14(2)23(9)20-13)19(6,7)11-10-16-15(18(3,4)5)12-22(8)21-16/h12H,10-11H2,1-9H3. The summed E-state index contributed by atoms with van der Waals surface area (Å²) < 4.78 is 3.94. The van der Waals surface area contributed by atoms with Crippen LogP contribution in [0, 0.1) is 13.8 Å². The number of aromatic nitrogens is 4. The summed E-state index contributed by atoms with van der Waals surface area (Å²) in [5, 5.41) is 9.31. The van der Waals surface area contributed by atoms with Crippen LogP contribution in [0.3, 0.4) is 0 Å². The van der Waals surface area contributed by atoms with E-state index in [1.807, 2.05) is 23.5 Å². The number of aryl methyl sites for hydroxylation is 4. The van der Waals surface area contributed by atoms with Crippen LogP contribution in [0.1, 0.15) is 69.2 Å². The molecule has 2 rings (SSSR count). The third-order valence-electron chi connectivity index (χ3n) is 4.89. The van der Waals surface area contributed by atoms with E-state index in [0.717, 1.165) is 18.5 Å². The molecule has 0 saturated heterocycles. The summed E-state index contributed by atoms with van der Waals surface area (Å²) in [6, 6.07) is 0. The minimum Gasteiger partial charge on any atom is -0.275 e. The summed E-state index contributed by atoms with van der Waals surface area (Å²) in [6.45, 7) is 15.7. The molecule has 0 fully saturated rings. The Morgan fingerprint density at radius 2 is 1.61 bits per heavy atom. The average Bonchev–Trinajstić information content (AvgIpc) is 2.88. The van der Waals surface area contributed by atoms with Crippen LogP contribution < -0.4 is 0 Å². The Bertz CT molecular complexity index is 696. The molecular formula is C19H32N4. The van der Waals surface area contributed by atoms with Crippen molar-refractivity contribution in [1.29, 1.82) is 0 Å². The maximum absolute atomic E-state index is 4.72. The van der Waals surface area contributed by atoms with Crippen LogP contribution in [-0.2, 0) is 31.3 Å². The first-order valence-corrected chi connectivity index (χ1v) is 8.47. The van der Waals surface area contributed by atoms with Gasteiger partial charge in [0.1, 0.15) is 0 Å². The topological polar surface area (TPSA) is 35.6 Å². The lowest BCUT2D eigenvalue weighted by atomic mass is 9.77. The maximum atomic E-state index is 4.72. The average molecular weight is 316 g/mol. The van der Waals surface area contributed by atoms with Gasteiger partial charge in [-0.1, -0.05) is 34.6 Å². The largest absolute Gasteiger partial charge is 0.275 e. The second-order valence-electron chi connectivity index (χ2n) is 8.47. The van der Waals surface area contributed by atoms with Gasteiger partial charge in [0.2, 0.25) is 0 Å². The van der Waals surface area contributed by atoms with Gasteiger partial charge in [0.15, 0.2) is 0 Å². The highest BCUT2D eigenvalue weighted by Crippen LogP contribution is 2.34. The van der Waals surface area contributed by atoms with Crippen molar-refractivity contribution in [1.82, 2.24) is 19.6 Å². The summed E-state index contributed by atoms with van der Waals surface area (Å²) in [5.74, 6) is 0. The number of nitrogens with zero attached hydrogens (tertiary/aromatic N) is 4. The van der Waals surface area contributed by atoms with Gasteiger partial charge in [-0.2, -0.15) is 10.2 Å². The molecule has 0 aliphatic rings. The second-order valence-corrected chi connectivity index (χ2v) is 8.47. The van der Waals surface area contributed by atoms with Crippen molar-refractivity contribution < 1.29 is 0 Å². The van der Waals surface area contributed by atoms with Gasteiger partial charge in [-0.25, -0.2) is 0 Å². The van der Waals surface area contributed by atoms with Crippen molar-refractivity contribution in [2.45, 2.75) is 72.1 Å². The Labute approximate surface area is 140 Å². The first-order valence-electron chi connectivity index (χ1n) is 8.47. The van der Waals surface area contributed by atoms with E-state index in [4.69, 9.17) is 5.10 Å². The molecule has 0 bridgehead atoms. The van der Waals surface area contributed by atoms with Gasteiger partial charge in [-0.3, -0.25) is 9.36 Å². The van der Waals surface area contributed by atoms with Gasteiger partial charge in [-0.05, 0) is 43.1 Å². The van der Waals surface area contributed by atoms with Gasteiger partial charge in [0.25, 0.3) is 0 Å². The molecule has 0 N–H and O–H groups in total. The molecule has 4 nitrogen and oxygen atoms in total. The van der Waals surface area contributed by atoms with Gasteiger partial charge in [-0.15, -0.1) is 0 Å². The highest BCUT2D eigenvalue weighted by molar-refractivity contribution is 5.33. The Morgan fingerprint density at radius 1 is 1.00 bits per heavy atom. The van der Waals surface area contributed by atoms with E-state index in [1.54, 1.807) is 0 Å². The van der Waals surface area contributed by atoms with E-state index >= 15 is 0 Å². The van der Waals surface area contributed by atoms with Crippen LogP contribution in [0.4, 0.5) is 0 Å². The van der Waals surface area contributed by atoms with Gasteiger partial charge < -0.3 is 0 Å². The zero-order valence-corrected chi connectivity index (χ0v) is 16.3. The maximum Gasteiger partial charge on any atom is 0.0662 e. The Kier molecular flexibility index (Phi) is 4.49. The first-order chi connectivity index (χ1) is 10.4. The van der Waals surface area contributed by atoms with E-state index in [-0.39, 0.29) is 10.8 Å². The third kappa shape index (κ3) is 3.51. The SMILES string of the molecule is Cc1nn(C)c(C)c1C(C)(C)CCc1nn(C)cc1C(C)(C)C. The van der Waals surface area contributed by atoms with Gasteiger partial charge >= 0.3 is 0 Å². The van der Waals surface area contributed by atoms with Crippen LogP contribution in [0.15, 0.2) is 6.20 Å². The fourth-order valence-electron chi connectivity index (χ4n) is 3.65. The van der Waals surface area contributed by atoms with Crippen molar-refractivity contribution in [3.8, 4) is 0 Å². The predicted octanol–water partition coefficient (Wildman–Crippen LogP) is 3.98. The number of rotatable bonds is 4. The quantitative estimate of drug-likeness (QED) is 0.855. The monoisotopic (exact) mass is 316 g/mol. The Hall–Kier alpha value is -1.58. The van der Waals surface area contributed by atoms with E-state index in [2.05, 4.69) is 59.8 Å². The Balaban J connectivity index is 2.27. The molecule has 0 atom stereocenters. The van der Waals surface area contributed by atoms with E-state index in [1.165, 1.54) is 22.5 Å².